The Morgan fingerprint density at radius 3 is 2.38 bits per heavy atom. The van der Waals surface area contributed by atoms with E-state index in [1.807, 2.05) is 32.0 Å². The molecule has 0 aliphatic rings. The number of aryl methyl sites for hydroxylation is 2. The summed E-state index contributed by atoms with van der Waals surface area (Å²) in [5.74, 6) is -0.984. The molecule has 0 fully saturated rings. The molecule has 0 aliphatic carbocycles. The van der Waals surface area contributed by atoms with Gasteiger partial charge < -0.3 is 11.1 Å². The van der Waals surface area contributed by atoms with Crippen molar-refractivity contribution in [2.45, 2.75) is 26.3 Å². The number of para-hydroxylation sites is 1. The van der Waals surface area contributed by atoms with Crippen molar-refractivity contribution in [3.8, 4) is 0 Å². The third kappa shape index (κ3) is 2.89. The third-order valence-electron chi connectivity index (χ3n) is 3.84. The first-order chi connectivity index (χ1) is 9.84. The summed E-state index contributed by atoms with van der Waals surface area (Å²) in [6.45, 7) is 5.61. The van der Waals surface area contributed by atoms with Crippen LogP contribution in [0.15, 0.2) is 42.5 Å². The van der Waals surface area contributed by atoms with Crippen LogP contribution in [0.4, 0.5) is 10.1 Å². The Kier molecular flexibility index (Phi) is 3.98. The van der Waals surface area contributed by atoms with Crippen molar-refractivity contribution in [3.05, 3.63) is 65.0 Å². The molecule has 0 bridgehead atoms. The molecule has 0 saturated carbocycles. The highest BCUT2D eigenvalue weighted by Crippen LogP contribution is 2.28. The zero-order valence-electron chi connectivity index (χ0n) is 12.4. The minimum Gasteiger partial charge on any atom is -0.367 e. The SMILES string of the molecule is Cc1ccc(C(C)(Nc2ccccc2F)C(N)=O)cc1C. The lowest BCUT2D eigenvalue weighted by Gasteiger charge is -2.30. The van der Waals surface area contributed by atoms with Crippen molar-refractivity contribution in [2.24, 2.45) is 5.73 Å². The first-order valence-corrected chi connectivity index (χ1v) is 6.75. The Morgan fingerprint density at radius 1 is 1.14 bits per heavy atom. The van der Waals surface area contributed by atoms with Gasteiger partial charge in [0, 0.05) is 0 Å². The van der Waals surface area contributed by atoms with Crippen molar-refractivity contribution in [1.82, 2.24) is 0 Å². The molecule has 4 heteroatoms. The molecule has 1 amide bonds. The molecule has 2 aromatic rings. The molecule has 2 aromatic carbocycles. The second-order valence-corrected chi connectivity index (χ2v) is 5.39. The lowest BCUT2D eigenvalue weighted by molar-refractivity contribution is -0.122. The average molecular weight is 286 g/mol. The van der Waals surface area contributed by atoms with Gasteiger partial charge in [-0.15, -0.1) is 0 Å². The summed E-state index contributed by atoms with van der Waals surface area (Å²) in [6, 6.07) is 11.9. The predicted octanol–water partition coefficient (Wildman–Crippen LogP) is 3.26. The van der Waals surface area contributed by atoms with Crippen LogP contribution < -0.4 is 11.1 Å². The van der Waals surface area contributed by atoms with Gasteiger partial charge in [-0.25, -0.2) is 4.39 Å². The summed E-state index contributed by atoms with van der Waals surface area (Å²) in [5, 5.41) is 2.94. The molecular weight excluding hydrogens is 267 g/mol. The minimum absolute atomic E-state index is 0.247. The maximum atomic E-state index is 13.8. The quantitative estimate of drug-likeness (QED) is 0.906. The van der Waals surface area contributed by atoms with Crippen LogP contribution in [0.1, 0.15) is 23.6 Å². The van der Waals surface area contributed by atoms with Gasteiger partial charge in [-0.3, -0.25) is 4.79 Å². The number of rotatable bonds is 4. The van der Waals surface area contributed by atoms with Gasteiger partial charge in [0.2, 0.25) is 5.91 Å². The van der Waals surface area contributed by atoms with E-state index >= 15 is 0 Å². The molecule has 1 unspecified atom stereocenters. The minimum atomic E-state index is -1.18. The number of carbonyl (C=O) groups is 1. The largest absolute Gasteiger partial charge is 0.367 e. The summed E-state index contributed by atoms with van der Waals surface area (Å²) >= 11 is 0. The van der Waals surface area contributed by atoms with Gasteiger partial charge in [-0.2, -0.15) is 0 Å². The van der Waals surface area contributed by atoms with Gasteiger partial charge in [0.25, 0.3) is 0 Å². The van der Waals surface area contributed by atoms with Crippen LogP contribution >= 0.6 is 0 Å². The fourth-order valence-electron chi connectivity index (χ4n) is 2.16. The molecule has 3 N–H and O–H groups in total. The van der Waals surface area contributed by atoms with Crippen LogP contribution in [0.5, 0.6) is 0 Å². The maximum absolute atomic E-state index is 13.8. The van der Waals surface area contributed by atoms with E-state index in [0.29, 0.717) is 5.56 Å². The number of anilines is 1. The highest BCUT2D eigenvalue weighted by molar-refractivity contribution is 5.89. The van der Waals surface area contributed by atoms with Crippen LogP contribution in [0, 0.1) is 19.7 Å². The van der Waals surface area contributed by atoms with E-state index in [1.54, 1.807) is 25.1 Å². The van der Waals surface area contributed by atoms with E-state index in [1.165, 1.54) is 6.07 Å². The second-order valence-electron chi connectivity index (χ2n) is 5.39. The third-order valence-corrected chi connectivity index (χ3v) is 3.84. The fourth-order valence-corrected chi connectivity index (χ4v) is 2.16. The van der Waals surface area contributed by atoms with Gasteiger partial charge in [-0.1, -0.05) is 30.3 Å². The first-order valence-electron chi connectivity index (χ1n) is 6.75. The second kappa shape index (κ2) is 5.56. The molecule has 110 valence electrons. The van der Waals surface area contributed by atoms with E-state index in [4.69, 9.17) is 5.73 Å². The van der Waals surface area contributed by atoms with E-state index < -0.39 is 17.3 Å². The van der Waals surface area contributed by atoms with Crippen LogP contribution in [0.2, 0.25) is 0 Å². The molecule has 0 aliphatic heterocycles. The Morgan fingerprint density at radius 2 is 1.81 bits per heavy atom. The number of hydrogen-bond acceptors (Lipinski definition) is 2. The molecule has 0 saturated heterocycles. The lowest BCUT2D eigenvalue weighted by Crippen LogP contribution is -2.45. The Labute approximate surface area is 124 Å². The first kappa shape index (κ1) is 15.0. The van der Waals surface area contributed by atoms with Gasteiger partial charge in [0.1, 0.15) is 11.4 Å². The Balaban J connectivity index is 2.48. The predicted molar refractivity (Wildman–Crippen MR) is 82.5 cm³/mol. The summed E-state index contributed by atoms with van der Waals surface area (Å²) < 4.78 is 13.8. The number of carbonyl (C=O) groups excluding carboxylic acids is 1. The summed E-state index contributed by atoms with van der Waals surface area (Å²) in [7, 11) is 0. The molecule has 3 nitrogen and oxygen atoms in total. The number of hydrogen-bond donors (Lipinski definition) is 2. The van der Waals surface area contributed by atoms with Gasteiger partial charge in [-0.05, 0) is 49.6 Å². The molecule has 1 atom stereocenters. The topological polar surface area (TPSA) is 55.1 Å². The van der Waals surface area contributed by atoms with Gasteiger partial charge >= 0.3 is 0 Å². The van der Waals surface area contributed by atoms with E-state index in [-0.39, 0.29) is 5.69 Å². The smallest absolute Gasteiger partial charge is 0.247 e. The summed E-state index contributed by atoms with van der Waals surface area (Å²) in [6.07, 6.45) is 0. The van der Waals surface area contributed by atoms with Gasteiger partial charge in [0.05, 0.1) is 5.69 Å². The Bertz CT molecular complexity index is 684. The maximum Gasteiger partial charge on any atom is 0.247 e. The molecule has 0 radical (unpaired) electrons. The average Bonchev–Trinajstić information content (AvgIpc) is 2.44. The standard InChI is InChI=1S/C17H19FN2O/c1-11-8-9-13(10-12(11)2)17(3,16(19)21)20-15-7-5-4-6-14(15)18/h4-10,20H,1-3H3,(H2,19,21). The number of benzene rings is 2. The molecular formula is C17H19FN2O. The number of amides is 1. The lowest BCUT2D eigenvalue weighted by atomic mass is 9.88. The van der Waals surface area contributed by atoms with E-state index in [9.17, 15) is 9.18 Å². The number of nitrogens with one attached hydrogen (secondary N) is 1. The zero-order valence-corrected chi connectivity index (χ0v) is 12.4. The normalized spacial score (nSPS) is 13.5. The van der Waals surface area contributed by atoms with E-state index in [0.717, 1.165) is 11.1 Å². The molecule has 0 spiro atoms. The molecule has 0 aromatic heterocycles. The van der Waals surface area contributed by atoms with Crippen LogP contribution in [0.3, 0.4) is 0 Å². The molecule has 2 rings (SSSR count). The molecule has 0 heterocycles. The molecule has 21 heavy (non-hydrogen) atoms. The monoisotopic (exact) mass is 286 g/mol. The van der Waals surface area contributed by atoms with E-state index in [2.05, 4.69) is 5.32 Å². The summed E-state index contributed by atoms with van der Waals surface area (Å²) in [4.78, 5) is 12.0. The highest BCUT2D eigenvalue weighted by Gasteiger charge is 2.34. The number of primary amides is 1. The highest BCUT2D eigenvalue weighted by atomic mass is 19.1. The van der Waals surface area contributed by atoms with Gasteiger partial charge in [0.15, 0.2) is 0 Å². The summed E-state index contributed by atoms with van der Waals surface area (Å²) in [5.41, 5.74) is 7.52. The van der Waals surface area contributed by atoms with Crippen molar-refractivity contribution >= 4 is 11.6 Å². The number of nitrogens with two attached hydrogens (primary N) is 1. The van der Waals surface area contributed by atoms with Crippen LogP contribution in [-0.4, -0.2) is 5.91 Å². The zero-order chi connectivity index (χ0) is 15.6. The number of halogens is 1. The fraction of sp³-hybridized carbons (Fsp3) is 0.235. The van der Waals surface area contributed by atoms with Crippen molar-refractivity contribution in [1.29, 1.82) is 0 Å². The van der Waals surface area contributed by atoms with Crippen molar-refractivity contribution in [2.75, 3.05) is 5.32 Å². The van der Waals surface area contributed by atoms with Crippen molar-refractivity contribution in [3.63, 3.8) is 0 Å². The Hall–Kier alpha value is -2.36. The van der Waals surface area contributed by atoms with Crippen LogP contribution in [-0.2, 0) is 10.3 Å². The van der Waals surface area contributed by atoms with Crippen LogP contribution in [0.25, 0.3) is 0 Å². The van der Waals surface area contributed by atoms with Crippen molar-refractivity contribution < 1.29 is 9.18 Å².